The van der Waals surface area contributed by atoms with E-state index in [-0.39, 0.29) is 0 Å². The predicted molar refractivity (Wildman–Crippen MR) is 83.6 cm³/mol. The van der Waals surface area contributed by atoms with Gasteiger partial charge in [0.15, 0.2) is 0 Å². The van der Waals surface area contributed by atoms with Gasteiger partial charge in [-0.2, -0.15) is 0 Å². The molecule has 0 fully saturated rings. The van der Waals surface area contributed by atoms with Crippen LogP contribution in [-0.4, -0.2) is 16.6 Å². The second kappa shape index (κ2) is 5.10. The maximum Gasteiger partial charge on any atom is 0.140 e. The number of hydrogen-bond donors (Lipinski definition) is 1. The summed E-state index contributed by atoms with van der Waals surface area (Å²) in [6.45, 7) is 2.15. The predicted octanol–water partition coefficient (Wildman–Crippen LogP) is 3.52. The minimum Gasteiger partial charge on any atom is -0.327 e. The fraction of sp³-hybridized carbons (Fsp3) is 0.235. The maximum atomic E-state index is 4.80. The molecule has 3 rings (SSSR count). The molecule has 0 aliphatic carbocycles. The highest BCUT2D eigenvalue weighted by Gasteiger charge is 2.11. The van der Waals surface area contributed by atoms with Gasteiger partial charge in [0.1, 0.15) is 5.82 Å². The quantitative estimate of drug-likeness (QED) is 0.785. The van der Waals surface area contributed by atoms with E-state index >= 15 is 0 Å². The van der Waals surface area contributed by atoms with Gasteiger partial charge in [0.05, 0.1) is 11.0 Å². The van der Waals surface area contributed by atoms with Crippen LogP contribution in [0.4, 0.5) is 0 Å². The van der Waals surface area contributed by atoms with E-state index in [0.717, 1.165) is 22.4 Å². The lowest BCUT2D eigenvalue weighted by Gasteiger charge is -2.10. The molecular weight excluding hydrogens is 246 g/mol. The lowest BCUT2D eigenvalue weighted by atomic mass is 10.1. The van der Waals surface area contributed by atoms with Gasteiger partial charge in [0.2, 0.25) is 0 Å². The van der Waals surface area contributed by atoms with Crippen molar-refractivity contribution in [1.82, 2.24) is 14.9 Å². The van der Waals surface area contributed by atoms with Crippen LogP contribution in [0.15, 0.2) is 48.5 Å². The number of rotatable bonds is 3. The Morgan fingerprint density at radius 1 is 1.10 bits per heavy atom. The van der Waals surface area contributed by atoms with E-state index < -0.39 is 0 Å². The lowest BCUT2D eigenvalue weighted by Crippen LogP contribution is -2.11. The first kappa shape index (κ1) is 12.9. The topological polar surface area (TPSA) is 29.9 Å². The molecule has 102 valence electrons. The highest BCUT2D eigenvalue weighted by Crippen LogP contribution is 2.25. The summed E-state index contributed by atoms with van der Waals surface area (Å²) in [5, 5.41) is 3.26. The van der Waals surface area contributed by atoms with Gasteiger partial charge in [-0.1, -0.05) is 36.4 Å². The zero-order chi connectivity index (χ0) is 14.1. The zero-order valence-corrected chi connectivity index (χ0v) is 12.1. The highest BCUT2D eigenvalue weighted by molar-refractivity contribution is 5.81. The molecule has 1 atom stereocenters. The number of aromatic nitrogens is 2. The Kier molecular flexibility index (Phi) is 3.28. The van der Waals surface area contributed by atoms with Gasteiger partial charge in [-0.15, -0.1) is 0 Å². The monoisotopic (exact) mass is 265 g/mol. The van der Waals surface area contributed by atoms with Gasteiger partial charge in [-0.3, -0.25) is 0 Å². The van der Waals surface area contributed by atoms with Crippen LogP contribution in [0.1, 0.15) is 18.5 Å². The molecule has 1 N–H and O–H groups in total. The van der Waals surface area contributed by atoms with E-state index in [9.17, 15) is 0 Å². The lowest BCUT2D eigenvalue weighted by molar-refractivity contribution is 0.653. The Morgan fingerprint density at radius 3 is 2.55 bits per heavy atom. The smallest absolute Gasteiger partial charge is 0.140 e. The van der Waals surface area contributed by atoms with Crippen LogP contribution in [0.2, 0.25) is 0 Å². The number of fused-ring (bicyclic) bond motifs is 1. The first-order valence-corrected chi connectivity index (χ1v) is 6.90. The van der Waals surface area contributed by atoms with E-state index in [4.69, 9.17) is 4.98 Å². The highest BCUT2D eigenvalue weighted by atomic mass is 15.1. The molecule has 0 aliphatic heterocycles. The van der Waals surface area contributed by atoms with E-state index in [1.165, 1.54) is 5.56 Å². The van der Waals surface area contributed by atoms with Crippen LogP contribution in [0.3, 0.4) is 0 Å². The van der Waals surface area contributed by atoms with Crippen LogP contribution in [0.5, 0.6) is 0 Å². The van der Waals surface area contributed by atoms with Crippen molar-refractivity contribution in [2.45, 2.75) is 13.0 Å². The minimum absolute atomic E-state index is 0.335. The first-order valence-electron chi connectivity index (χ1n) is 6.90. The molecular formula is C17H19N3. The Labute approximate surface area is 119 Å². The number of benzene rings is 2. The summed E-state index contributed by atoms with van der Waals surface area (Å²) in [5.74, 6) is 1.01. The fourth-order valence-electron chi connectivity index (χ4n) is 2.50. The van der Waals surface area contributed by atoms with Crippen molar-refractivity contribution in [3.63, 3.8) is 0 Å². The van der Waals surface area contributed by atoms with Gasteiger partial charge in [0.25, 0.3) is 0 Å². The summed E-state index contributed by atoms with van der Waals surface area (Å²) in [6, 6.07) is 17.1. The van der Waals surface area contributed by atoms with Gasteiger partial charge in [-0.05, 0) is 31.7 Å². The SMILES string of the molecule is CNC(C)c1ccc2c(c1)nc(-c1ccccc1)n2C. The molecule has 1 heterocycles. The molecule has 2 aromatic carbocycles. The average molecular weight is 265 g/mol. The van der Waals surface area contributed by atoms with Crippen molar-refractivity contribution >= 4 is 11.0 Å². The summed E-state index contributed by atoms with van der Waals surface area (Å²) in [6.07, 6.45) is 0. The third-order valence-corrected chi connectivity index (χ3v) is 3.87. The van der Waals surface area contributed by atoms with Crippen LogP contribution in [-0.2, 0) is 7.05 Å². The van der Waals surface area contributed by atoms with Gasteiger partial charge >= 0.3 is 0 Å². The molecule has 0 amide bonds. The molecule has 3 nitrogen and oxygen atoms in total. The molecule has 1 unspecified atom stereocenters. The molecule has 1 aromatic heterocycles. The molecule has 3 aromatic rings. The second-order valence-electron chi connectivity index (χ2n) is 5.12. The Balaban J connectivity index is 2.15. The summed E-state index contributed by atoms with van der Waals surface area (Å²) in [5.41, 5.74) is 4.62. The molecule has 0 spiro atoms. The van der Waals surface area contributed by atoms with Crippen molar-refractivity contribution in [1.29, 1.82) is 0 Å². The number of aryl methyl sites for hydroxylation is 1. The van der Waals surface area contributed by atoms with Crippen LogP contribution in [0.25, 0.3) is 22.4 Å². The second-order valence-corrected chi connectivity index (χ2v) is 5.12. The number of hydrogen-bond acceptors (Lipinski definition) is 2. The standard InChI is InChI=1S/C17H19N3/c1-12(18-2)14-9-10-16-15(11-14)19-17(20(16)3)13-7-5-4-6-8-13/h4-12,18H,1-3H3. The van der Waals surface area contributed by atoms with Crippen molar-refractivity contribution in [2.24, 2.45) is 7.05 Å². The van der Waals surface area contributed by atoms with Crippen molar-refractivity contribution in [3.05, 3.63) is 54.1 Å². The van der Waals surface area contributed by atoms with E-state index in [2.05, 4.69) is 54.2 Å². The largest absolute Gasteiger partial charge is 0.327 e. The molecule has 0 aliphatic rings. The molecule has 20 heavy (non-hydrogen) atoms. The van der Waals surface area contributed by atoms with Gasteiger partial charge in [0, 0.05) is 18.7 Å². The van der Waals surface area contributed by atoms with E-state index in [0.29, 0.717) is 6.04 Å². The molecule has 3 heteroatoms. The van der Waals surface area contributed by atoms with E-state index in [1.807, 2.05) is 25.2 Å². The third-order valence-electron chi connectivity index (χ3n) is 3.87. The minimum atomic E-state index is 0.335. The molecule has 0 saturated carbocycles. The summed E-state index contributed by atoms with van der Waals surface area (Å²) >= 11 is 0. The maximum absolute atomic E-state index is 4.80. The molecule has 0 radical (unpaired) electrons. The Hall–Kier alpha value is -2.13. The number of nitrogens with one attached hydrogen (secondary N) is 1. The van der Waals surface area contributed by atoms with Gasteiger partial charge < -0.3 is 9.88 Å². The van der Waals surface area contributed by atoms with Gasteiger partial charge in [-0.25, -0.2) is 4.98 Å². The van der Waals surface area contributed by atoms with Crippen LogP contribution < -0.4 is 5.32 Å². The third kappa shape index (κ3) is 2.10. The summed E-state index contributed by atoms with van der Waals surface area (Å²) < 4.78 is 2.15. The van der Waals surface area contributed by atoms with Crippen LogP contribution >= 0.6 is 0 Å². The van der Waals surface area contributed by atoms with Crippen LogP contribution in [0, 0.1) is 0 Å². The van der Waals surface area contributed by atoms with Crippen molar-refractivity contribution in [3.8, 4) is 11.4 Å². The number of nitrogens with zero attached hydrogens (tertiary/aromatic N) is 2. The normalized spacial score (nSPS) is 12.8. The fourth-order valence-corrected chi connectivity index (χ4v) is 2.50. The van der Waals surface area contributed by atoms with Crippen molar-refractivity contribution < 1.29 is 0 Å². The number of imidazole rings is 1. The summed E-state index contributed by atoms with van der Waals surface area (Å²) in [7, 11) is 4.04. The Morgan fingerprint density at radius 2 is 1.85 bits per heavy atom. The zero-order valence-electron chi connectivity index (χ0n) is 12.1. The summed E-state index contributed by atoms with van der Waals surface area (Å²) in [4.78, 5) is 4.80. The van der Waals surface area contributed by atoms with Crippen molar-refractivity contribution in [2.75, 3.05) is 7.05 Å². The first-order chi connectivity index (χ1) is 9.70. The molecule has 0 saturated heterocycles. The Bertz CT molecular complexity index is 729. The van der Waals surface area contributed by atoms with E-state index in [1.54, 1.807) is 0 Å². The average Bonchev–Trinajstić information content (AvgIpc) is 2.84. The molecule has 0 bridgehead atoms.